The van der Waals surface area contributed by atoms with E-state index in [0.717, 1.165) is 36.6 Å². The Morgan fingerprint density at radius 2 is 1.81 bits per heavy atom. The molecule has 2 rings (SSSR count). The number of benzene rings is 1. The molecule has 0 saturated carbocycles. The van der Waals surface area contributed by atoms with Crippen molar-refractivity contribution >= 4 is 23.5 Å². The number of carbonyl (C=O) groups is 1. The Hall–Kier alpha value is -2.60. The third-order valence-electron chi connectivity index (χ3n) is 3.87. The van der Waals surface area contributed by atoms with E-state index in [0.29, 0.717) is 17.3 Å². The van der Waals surface area contributed by atoms with Crippen molar-refractivity contribution in [2.75, 3.05) is 27.2 Å². The summed E-state index contributed by atoms with van der Waals surface area (Å²) in [5.74, 6) is 0.754. The molecule has 0 radical (unpaired) electrons. The molecule has 6 nitrogen and oxygen atoms in total. The largest absolute Gasteiger partial charge is 0.357 e. The molecule has 0 spiro atoms. The summed E-state index contributed by atoms with van der Waals surface area (Å²) in [6, 6.07) is 11.3. The Kier molecular flexibility index (Phi) is 8.07. The van der Waals surface area contributed by atoms with Gasteiger partial charge in [-0.15, -0.1) is 0 Å². The molecule has 0 aliphatic rings. The van der Waals surface area contributed by atoms with Crippen molar-refractivity contribution in [1.82, 2.24) is 20.5 Å². The van der Waals surface area contributed by atoms with Crippen molar-refractivity contribution in [3.63, 3.8) is 0 Å². The fraction of sp³-hybridized carbons (Fsp3) is 0.350. The van der Waals surface area contributed by atoms with Crippen LogP contribution in [-0.4, -0.2) is 48.9 Å². The van der Waals surface area contributed by atoms with Gasteiger partial charge in [-0.05, 0) is 42.7 Å². The number of nitrogens with zero attached hydrogens (tertiary/aromatic N) is 3. The number of aromatic nitrogens is 1. The molecule has 0 fully saturated rings. The van der Waals surface area contributed by atoms with Gasteiger partial charge in [0.2, 0.25) is 0 Å². The number of pyridine rings is 1. The Labute approximate surface area is 165 Å². The molecular weight excluding hydrogens is 362 g/mol. The molecule has 7 heteroatoms. The Morgan fingerprint density at radius 1 is 1.11 bits per heavy atom. The summed E-state index contributed by atoms with van der Waals surface area (Å²) in [5, 5.41) is 7.05. The second-order valence-corrected chi connectivity index (χ2v) is 6.64. The van der Waals surface area contributed by atoms with Gasteiger partial charge in [-0.2, -0.15) is 0 Å². The van der Waals surface area contributed by atoms with Crippen LogP contribution in [0.5, 0.6) is 0 Å². The van der Waals surface area contributed by atoms with Crippen LogP contribution in [0.4, 0.5) is 0 Å². The topological polar surface area (TPSA) is 69.6 Å². The van der Waals surface area contributed by atoms with Gasteiger partial charge in [-0.1, -0.05) is 29.8 Å². The first-order valence-corrected chi connectivity index (χ1v) is 9.30. The van der Waals surface area contributed by atoms with Gasteiger partial charge in [0.15, 0.2) is 5.96 Å². The minimum absolute atomic E-state index is 0.00301. The fourth-order valence-corrected chi connectivity index (χ4v) is 2.51. The van der Waals surface area contributed by atoms with Gasteiger partial charge in [0.05, 0.1) is 6.54 Å². The van der Waals surface area contributed by atoms with Gasteiger partial charge in [-0.25, -0.2) is 9.98 Å². The average Bonchev–Trinajstić information content (AvgIpc) is 2.67. The predicted molar refractivity (Wildman–Crippen MR) is 110 cm³/mol. The molecule has 0 saturated heterocycles. The van der Waals surface area contributed by atoms with Gasteiger partial charge in [0.1, 0.15) is 5.15 Å². The number of aliphatic imine (C=N–C) groups is 1. The van der Waals surface area contributed by atoms with Crippen molar-refractivity contribution in [3.8, 4) is 0 Å². The zero-order valence-corrected chi connectivity index (χ0v) is 16.8. The zero-order valence-electron chi connectivity index (χ0n) is 16.0. The van der Waals surface area contributed by atoms with Crippen molar-refractivity contribution in [2.24, 2.45) is 4.99 Å². The van der Waals surface area contributed by atoms with Gasteiger partial charge >= 0.3 is 0 Å². The van der Waals surface area contributed by atoms with Gasteiger partial charge in [-0.3, -0.25) is 4.79 Å². The highest BCUT2D eigenvalue weighted by molar-refractivity contribution is 6.29. The monoisotopic (exact) mass is 387 g/mol. The highest BCUT2D eigenvalue weighted by Gasteiger charge is 2.07. The molecule has 2 N–H and O–H groups in total. The van der Waals surface area contributed by atoms with E-state index < -0.39 is 0 Å². The summed E-state index contributed by atoms with van der Waals surface area (Å²) < 4.78 is 0. The van der Waals surface area contributed by atoms with Crippen LogP contribution in [0, 0.1) is 0 Å². The third kappa shape index (κ3) is 6.90. The molecule has 27 heavy (non-hydrogen) atoms. The summed E-state index contributed by atoms with van der Waals surface area (Å²) in [5.41, 5.74) is 2.84. The van der Waals surface area contributed by atoms with E-state index in [4.69, 9.17) is 11.6 Å². The lowest BCUT2D eigenvalue weighted by Crippen LogP contribution is -2.38. The highest BCUT2D eigenvalue weighted by Crippen LogP contribution is 2.08. The second kappa shape index (κ2) is 10.5. The quantitative estimate of drug-likeness (QED) is 0.435. The molecular formula is C20H26ClN5O. The zero-order chi connectivity index (χ0) is 19.6. The summed E-state index contributed by atoms with van der Waals surface area (Å²) >= 11 is 5.80. The molecule has 0 unspecified atom stereocenters. The van der Waals surface area contributed by atoms with Crippen LogP contribution in [-0.2, 0) is 13.0 Å². The maximum Gasteiger partial charge on any atom is 0.253 e. The molecule has 1 aromatic carbocycles. The fourth-order valence-electron chi connectivity index (χ4n) is 2.40. The van der Waals surface area contributed by atoms with Crippen molar-refractivity contribution in [2.45, 2.75) is 19.9 Å². The van der Waals surface area contributed by atoms with Crippen LogP contribution in [0.25, 0.3) is 0 Å². The molecule has 1 aromatic heterocycles. The number of hydrogen-bond acceptors (Lipinski definition) is 3. The van der Waals surface area contributed by atoms with Crippen molar-refractivity contribution in [3.05, 3.63) is 64.4 Å². The summed E-state index contributed by atoms with van der Waals surface area (Å²) in [6.07, 6.45) is 2.61. The summed E-state index contributed by atoms with van der Waals surface area (Å²) in [4.78, 5) is 22.2. The number of amides is 1. The van der Waals surface area contributed by atoms with Crippen molar-refractivity contribution in [1.29, 1.82) is 0 Å². The minimum atomic E-state index is -0.00301. The van der Waals surface area contributed by atoms with Crippen LogP contribution in [0.15, 0.2) is 47.6 Å². The Bertz CT molecular complexity index is 757. The number of nitrogens with one attached hydrogen (secondary N) is 2. The first kappa shape index (κ1) is 20.7. The number of halogens is 1. The van der Waals surface area contributed by atoms with E-state index >= 15 is 0 Å². The SMILES string of the molecule is CCNC(=NCc1ccc(C(=O)N(C)C)cc1)NCCc1ccc(Cl)nc1. The number of carbonyl (C=O) groups excluding carboxylic acids is 1. The molecule has 0 aliphatic heterocycles. The molecule has 1 amide bonds. The lowest BCUT2D eigenvalue weighted by molar-refractivity contribution is 0.0827. The number of hydrogen-bond donors (Lipinski definition) is 2. The molecule has 0 bridgehead atoms. The van der Waals surface area contributed by atoms with E-state index in [-0.39, 0.29) is 5.91 Å². The lowest BCUT2D eigenvalue weighted by atomic mass is 10.1. The minimum Gasteiger partial charge on any atom is -0.357 e. The van der Waals surface area contributed by atoms with Gasteiger partial charge < -0.3 is 15.5 Å². The van der Waals surface area contributed by atoms with Crippen LogP contribution >= 0.6 is 11.6 Å². The van der Waals surface area contributed by atoms with Crippen LogP contribution in [0.2, 0.25) is 5.15 Å². The molecule has 144 valence electrons. The smallest absolute Gasteiger partial charge is 0.253 e. The second-order valence-electron chi connectivity index (χ2n) is 6.26. The van der Waals surface area contributed by atoms with Gasteiger partial charge in [0, 0.05) is 38.9 Å². The standard InChI is InChI=1S/C20H26ClN5O/c1-4-22-20(23-12-11-16-7-10-18(21)24-13-16)25-14-15-5-8-17(9-6-15)19(27)26(2)3/h5-10,13H,4,11-12,14H2,1-3H3,(H2,22,23,25). The molecule has 2 aromatic rings. The Balaban J connectivity index is 1.90. The maximum absolute atomic E-state index is 11.9. The van der Waals surface area contributed by atoms with E-state index in [1.165, 1.54) is 0 Å². The van der Waals surface area contributed by atoms with E-state index in [2.05, 4.69) is 20.6 Å². The average molecular weight is 388 g/mol. The van der Waals surface area contributed by atoms with E-state index in [1.54, 1.807) is 31.3 Å². The lowest BCUT2D eigenvalue weighted by Gasteiger charge is -2.12. The first-order valence-electron chi connectivity index (χ1n) is 8.92. The third-order valence-corrected chi connectivity index (χ3v) is 4.09. The number of guanidine groups is 1. The molecule has 0 aliphatic carbocycles. The summed E-state index contributed by atoms with van der Waals surface area (Å²) in [6.45, 7) is 4.09. The van der Waals surface area contributed by atoms with E-state index in [9.17, 15) is 4.79 Å². The van der Waals surface area contributed by atoms with Crippen LogP contribution < -0.4 is 10.6 Å². The predicted octanol–water partition coefficient (Wildman–Crippen LogP) is 2.73. The summed E-state index contributed by atoms with van der Waals surface area (Å²) in [7, 11) is 3.49. The van der Waals surface area contributed by atoms with Crippen molar-refractivity contribution < 1.29 is 4.79 Å². The van der Waals surface area contributed by atoms with Gasteiger partial charge in [0.25, 0.3) is 5.91 Å². The first-order chi connectivity index (χ1) is 13.0. The normalized spacial score (nSPS) is 11.2. The maximum atomic E-state index is 11.9. The Morgan fingerprint density at radius 3 is 2.41 bits per heavy atom. The van der Waals surface area contributed by atoms with Crippen LogP contribution in [0.3, 0.4) is 0 Å². The highest BCUT2D eigenvalue weighted by atomic mass is 35.5. The van der Waals surface area contributed by atoms with Crippen LogP contribution in [0.1, 0.15) is 28.4 Å². The molecule has 1 heterocycles. The number of rotatable bonds is 7. The molecule has 0 atom stereocenters. The van der Waals surface area contributed by atoms with E-state index in [1.807, 2.05) is 37.3 Å².